The highest BCUT2D eigenvalue weighted by atomic mass is 16.5. The van der Waals surface area contributed by atoms with Crippen LogP contribution in [0.1, 0.15) is 47.3 Å². The first-order valence-electron chi connectivity index (χ1n) is 9.46. The fourth-order valence-electron chi connectivity index (χ4n) is 2.75. The fourth-order valence-corrected chi connectivity index (χ4v) is 2.75. The van der Waals surface area contributed by atoms with Crippen molar-refractivity contribution in [3.05, 3.63) is 64.7 Å². The molecule has 0 aliphatic rings. The van der Waals surface area contributed by atoms with Gasteiger partial charge in [-0.15, -0.1) is 0 Å². The lowest BCUT2D eigenvalue weighted by Crippen LogP contribution is -2.28. The molecule has 0 aliphatic carbocycles. The Morgan fingerprint density at radius 3 is 2.29 bits per heavy atom. The zero-order valence-corrected chi connectivity index (χ0v) is 17.4. The van der Waals surface area contributed by atoms with E-state index in [9.17, 15) is 9.90 Å². The van der Waals surface area contributed by atoms with Crippen LogP contribution < -0.4 is 4.74 Å². The van der Waals surface area contributed by atoms with E-state index in [2.05, 4.69) is 17.9 Å². The standard InChI is InChI=1S/C24H29NO3/c1-18-15-19(2)17-22(16-18)28-14-6-13-25(5)23(26)21-9-7-20(8-10-21)11-12-24(3,4)27/h7-10,15-17,27H,6,13-14H2,1-5H3. The quantitative estimate of drug-likeness (QED) is 0.610. The van der Waals surface area contributed by atoms with Gasteiger partial charge in [0.15, 0.2) is 0 Å². The van der Waals surface area contributed by atoms with Crippen LogP contribution in [0.25, 0.3) is 0 Å². The molecule has 4 nitrogen and oxygen atoms in total. The summed E-state index contributed by atoms with van der Waals surface area (Å²) in [5.41, 5.74) is 2.71. The summed E-state index contributed by atoms with van der Waals surface area (Å²) in [4.78, 5) is 14.2. The highest BCUT2D eigenvalue weighted by Crippen LogP contribution is 2.16. The minimum Gasteiger partial charge on any atom is -0.494 e. The molecular weight excluding hydrogens is 350 g/mol. The third kappa shape index (κ3) is 7.09. The number of aryl methyl sites for hydroxylation is 2. The highest BCUT2D eigenvalue weighted by Gasteiger charge is 2.11. The average molecular weight is 380 g/mol. The monoisotopic (exact) mass is 379 g/mol. The smallest absolute Gasteiger partial charge is 0.253 e. The SMILES string of the molecule is Cc1cc(C)cc(OCCCN(C)C(=O)c2ccc(C#CC(C)(C)O)cc2)c1. The van der Waals surface area contributed by atoms with Gasteiger partial charge < -0.3 is 14.7 Å². The lowest BCUT2D eigenvalue weighted by Gasteiger charge is -2.17. The van der Waals surface area contributed by atoms with Crippen LogP contribution in [0.4, 0.5) is 0 Å². The van der Waals surface area contributed by atoms with Gasteiger partial charge in [-0.3, -0.25) is 4.79 Å². The summed E-state index contributed by atoms with van der Waals surface area (Å²) in [6.07, 6.45) is 0.754. The zero-order valence-electron chi connectivity index (χ0n) is 17.4. The molecule has 0 unspecified atom stereocenters. The van der Waals surface area contributed by atoms with Crippen molar-refractivity contribution in [2.75, 3.05) is 20.2 Å². The van der Waals surface area contributed by atoms with E-state index in [-0.39, 0.29) is 5.91 Å². The van der Waals surface area contributed by atoms with Crippen molar-refractivity contribution in [1.82, 2.24) is 4.90 Å². The molecule has 2 aromatic carbocycles. The number of hydrogen-bond donors (Lipinski definition) is 1. The number of carbonyl (C=O) groups is 1. The predicted octanol–water partition coefficient (Wildman–Crippen LogP) is 3.97. The van der Waals surface area contributed by atoms with E-state index in [4.69, 9.17) is 4.74 Å². The van der Waals surface area contributed by atoms with Crippen LogP contribution in [0, 0.1) is 25.7 Å². The Bertz CT molecular complexity index is 847. The maximum absolute atomic E-state index is 12.5. The number of ether oxygens (including phenoxy) is 1. The summed E-state index contributed by atoms with van der Waals surface area (Å²) >= 11 is 0. The molecule has 0 heterocycles. The molecule has 0 radical (unpaired) electrons. The Kier molecular flexibility index (Phi) is 7.25. The van der Waals surface area contributed by atoms with Crippen LogP contribution in [0.2, 0.25) is 0 Å². The molecule has 2 rings (SSSR count). The summed E-state index contributed by atoms with van der Waals surface area (Å²) in [6, 6.07) is 13.3. The van der Waals surface area contributed by atoms with Crippen LogP contribution in [0.3, 0.4) is 0 Å². The van der Waals surface area contributed by atoms with E-state index in [1.165, 1.54) is 11.1 Å². The van der Waals surface area contributed by atoms with Gasteiger partial charge in [-0.1, -0.05) is 17.9 Å². The van der Waals surface area contributed by atoms with Gasteiger partial charge in [0.25, 0.3) is 5.91 Å². The number of benzene rings is 2. The molecule has 0 saturated carbocycles. The van der Waals surface area contributed by atoms with Gasteiger partial charge in [0.1, 0.15) is 11.4 Å². The fraction of sp³-hybridized carbons (Fsp3) is 0.375. The molecule has 148 valence electrons. The van der Waals surface area contributed by atoms with E-state index < -0.39 is 5.60 Å². The summed E-state index contributed by atoms with van der Waals surface area (Å²) in [6.45, 7) is 8.55. The average Bonchev–Trinajstić information content (AvgIpc) is 2.62. The van der Waals surface area contributed by atoms with Gasteiger partial charge in [0.05, 0.1) is 6.61 Å². The number of aliphatic hydroxyl groups is 1. The second-order valence-corrected chi connectivity index (χ2v) is 7.64. The molecule has 0 saturated heterocycles. The number of rotatable bonds is 6. The van der Waals surface area contributed by atoms with E-state index in [0.29, 0.717) is 18.7 Å². The van der Waals surface area contributed by atoms with Crippen molar-refractivity contribution in [2.24, 2.45) is 0 Å². The minimum absolute atomic E-state index is 0.0339. The minimum atomic E-state index is -1.03. The van der Waals surface area contributed by atoms with Crippen molar-refractivity contribution in [3.63, 3.8) is 0 Å². The van der Waals surface area contributed by atoms with Gasteiger partial charge in [-0.2, -0.15) is 0 Å². The topological polar surface area (TPSA) is 49.8 Å². The predicted molar refractivity (Wildman–Crippen MR) is 113 cm³/mol. The number of hydrogen-bond acceptors (Lipinski definition) is 3. The third-order valence-corrected chi connectivity index (χ3v) is 4.09. The second-order valence-electron chi connectivity index (χ2n) is 7.64. The molecule has 0 fully saturated rings. The van der Waals surface area contributed by atoms with Gasteiger partial charge in [-0.05, 0) is 81.6 Å². The van der Waals surface area contributed by atoms with Gasteiger partial charge in [0.2, 0.25) is 0 Å². The second kappa shape index (κ2) is 9.43. The molecule has 28 heavy (non-hydrogen) atoms. The molecule has 4 heteroatoms. The lowest BCUT2D eigenvalue weighted by molar-refractivity contribution is 0.0788. The van der Waals surface area contributed by atoms with Crippen molar-refractivity contribution in [3.8, 4) is 17.6 Å². The largest absolute Gasteiger partial charge is 0.494 e. The summed E-state index contributed by atoms with van der Waals surface area (Å²) in [5.74, 6) is 6.50. The Labute approximate surface area is 168 Å². The summed E-state index contributed by atoms with van der Waals surface area (Å²) in [7, 11) is 1.79. The maximum Gasteiger partial charge on any atom is 0.253 e. The van der Waals surface area contributed by atoms with Gasteiger partial charge in [0, 0.05) is 24.7 Å². The van der Waals surface area contributed by atoms with E-state index in [0.717, 1.165) is 17.7 Å². The van der Waals surface area contributed by atoms with Crippen LogP contribution in [-0.2, 0) is 0 Å². The van der Waals surface area contributed by atoms with Crippen molar-refractivity contribution >= 4 is 5.91 Å². The maximum atomic E-state index is 12.5. The molecule has 0 atom stereocenters. The molecule has 1 N–H and O–H groups in total. The van der Waals surface area contributed by atoms with Crippen LogP contribution >= 0.6 is 0 Å². The van der Waals surface area contributed by atoms with Crippen LogP contribution in [0.15, 0.2) is 42.5 Å². The summed E-state index contributed by atoms with van der Waals surface area (Å²) in [5, 5.41) is 9.65. The van der Waals surface area contributed by atoms with Crippen molar-refractivity contribution in [2.45, 2.75) is 39.7 Å². The van der Waals surface area contributed by atoms with Crippen molar-refractivity contribution < 1.29 is 14.6 Å². The molecule has 2 aromatic rings. The van der Waals surface area contributed by atoms with E-state index in [1.807, 2.05) is 26.0 Å². The van der Waals surface area contributed by atoms with E-state index >= 15 is 0 Å². The molecular formula is C24H29NO3. The first-order chi connectivity index (χ1) is 13.1. The molecule has 0 spiro atoms. The summed E-state index contributed by atoms with van der Waals surface area (Å²) < 4.78 is 5.80. The molecule has 0 aliphatic heterocycles. The van der Waals surface area contributed by atoms with Gasteiger partial charge >= 0.3 is 0 Å². The van der Waals surface area contributed by atoms with E-state index in [1.54, 1.807) is 50.1 Å². The van der Waals surface area contributed by atoms with Crippen molar-refractivity contribution in [1.29, 1.82) is 0 Å². The van der Waals surface area contributed by atoms with Gasteiger partial charge in [-0.25, -0.2) is 0 Å². The number of amides is 1. The normalized spacial score (nSPS) is 10.8. The Hall–Kier alpha value is -2.77. The van der Waals surface area contributed by atoms with Crippen LogP contribution in [-0.4, -0.2) is 41.7 Å². The molecule has 1 amide bonds. The Morgan fingerprint density at radius 2 is 1.71 bits per heavy atom. The number of carbonyl (C=O) groups excluding carboxylic acids is 1. The molecule has 0 bridgehead atoms. The first kappa shape index (κ1) is 21.5. The van der Waals surface area contributed by atoms with Crippen LogP contribution in [0.5, 0.6) is 5.75 Å². The Balaban J connectivity index is 1.84. The highest BCUT2D eigenvalue weighted by molar-refractivity contribution is 5.94. The first-order valence-corrected chi connectivity index (χ1v) is 9.46. The zero-order chi connectivity index (χ0) is 20.7. The number of nitrogens with zero attached hydrogens (tertiary/aromatic N) is 1. The third-order valence-electron chi connectivity index (χ3n) is 4.09. The molecule has 0 aromatic heterocycles. The lowest BCUT2D eigenvalue weighted by atomic mass is 10.1. The Morgan fingerprint density at radius 1 is 1.11 bits per heavy atom.